The zero-order valence-corrected chi connectivity index (χ0v) is 13.2. The molecule has 0 atom stereocenters. The second-order valence-electron chi connectivity index (χ2n) is 4.84. The van der Waals surface area contributed by atoms with Crippen molar-refractivity contribution in [2.75, 3.05) is 20.7 Å². The third-order valence-electron chi connectivity index (χ3n) is 2.85. The second kappa shape index (κ2) is 7.22. The lowest BCUT2D eigenvalue weighted by molar-refractivity contribution is 0.0518. The van der Waals surface area contributed by atoms with Crippen molar-refractivity contribution in [2.24, 2.45) is 4.99 Å². The highest BCUT2D eigenvalue weighted by Crippen LogP contribution is 2.26. The maximum Gasteiger partial charge on any atom is 0.360 e. The molecule has 0 radical (unpaired) electrons. The van der Waals surface area contributed by atoms with Crippen molar-refractivity contribution in [3.8, 4) is 11.8 Å². The van der Waals surface area contributed by atoms with Gasteiger partial charge in [-0.2, -0.15) is 10.4 Å². The Morgan fingerprint density at radius 1 is 1.43 bits per heavy atom. The molecular formula is C16H17N5O2. The van der Waals surface area contributed by atoms with Crippen LogP contribution in [0.15, 0.2) is 35.3 Å². The summed E-state index contributed by atoms with van der Waals surface area (Å²) in [5.74, 6) is -0.351. The van der Waals surface area contributed by atoms with Gasteiger partial charge in [-0.3, -0.25) is 0 Å². The summed E-state index contributed by atoms with van der Waals surface area (Å²) in [7, 11) is 3.62. The molecule has 0 saturated carbocycles. The molecule has 0 aliphatic heterocycles. The quantitative estimate of drug-likeness (QED) is 0.480. The summed E-state index contributed by atoms with van der Waals surface area (Å²) >= 11 is 0. The summed E-state index contributed by atoms with van der Waals surface area (Å²) < 4.78 is 6.44. The molecule has 0 bridgehead atoms. The van der Waals surface area contributed by atoms with Crippen molar-refractivity contribution in [3.05, 3.63) is 41.6 Å². The van der Waals surface area contributed by atoms with Crippen LogP contribution in [0, 0.1) is 11.3 Å². The second-order valence-corrected chi connectivity index (χ2v) is 4.84. The topological polar surface area (TPSA) is 83.5 Å². The van der Waals surface area contributed by atoms with Crippen LogP contribution >= 0.6 is 0 Å². The van der Waals surface area contributed by atoms with Crippen LogP contribution in [0.2, 0.25) is 0 Å². The first-order chi connectivity index (χ1) is 11.1. The van der Waals surface area contributed by atoms with E-state index in [4.69, 9.17) is 4.74 Å². The summed E-state index contributed by atoms with van der Waals surface area (Å²) in [6.07, 6.45) is 1.55. The Morgan fingerprint density at radius 2 is 2.13 bits per heavy atom. The largest absolute Gasteiger partial charge is 0.461 e. The van der Waals surface area contributed by atoms with Gasteiger partial charge in [0.2, 0.25) is 0 Å². The number of aromatic nitrogens is 2. The SMILES string of the molecule is CCOC(=O)c1nn(-c2ccccc2)c(/N=C/N(C)C)c1C#N. The third kappa shape index (κ3) is 3.55. The number of rotatable bonds is 5. The molecule has 0 unspecified atom stereocenters. The molecule has 0 spiro atoms. The molecule has 0 aliphatic carbocycles. The summed E-state index contributed by atoms with van der Waals surface area (Å²) in [5, 5.41) is 13.7. The molecule has 7 nitrogen and oxygen atoms in total. The van der Waals surface area contributed by atoms with Gasteiger partial charge < -0.3 is 9.64 Å². The van der Waals surface area contributed by atoms with Crippen LogP contribution in [-0.4, -0.2) is 47.7 Å². The van der Waals surface area contributed by atoms with Gasteiger partial charge in [0.05, 0.1) is 18.6 Å². The van der Waals surface area contributed by atoms with Gasteiger partial charge in [-0.15, -0.1) is 0 Å². The van der Waals surface area contributed by atoms with E-state index in [-0.39, 0.29) is 23.7 Å². The fourth-order valence-corrected chi connectivity index (χ4v) is 1.89. The van der Waals surface area contributed by atoms with Gasteiger partial charge in [-0.25, -0.2) is 14.5 Å². The summed E-state index contributed by atoms with van der Waals surface area (Å²) in [5.41, 5.74) is 0.750. The lowest BCUT2D eigenvalue weighted by Crippen LogP contribution is -2.08. The van der Waals surface area contributed by atoms with Crippen molar-refractivity contribution >= 4 is 18.1 Å². The van der Waals surface area contributed by atoms with Crippen LogP contribution in [-0.2, 0) is 4.74 Å². The Hall–Kier alpha value is -3.14. The number of benzene rings is 1. The van der Waals surface area contributed by atoms with Gasteiger partial charge in [0.15, 0.2) is 11.5 Å². The summed E-state index contributed by atoms with van der Waals surface area (Å²) in [4.78, 5) is 18.1. The first-order valence-electron chi connectivity index (χ1n) is 7.04. The van der Waals surface area contributed by atoms with Crippen molar-refractivity contribution in [2.45, 2.75) is 6.92 Å². The van der Waals surface area contributed by atoms with E-state index in [1.54, 1.807) is 18.2 Å². The first-order valence-corrected chi connectivity index (χ1v) is 7.04. The van der Waals surface area contributed by atoms with Gasteiger partial charge in [0, 0.05) is 14.1 Å². The van der Waals surface area contributed by atoms with E-state index in [2.05, 4.69) is 10.1 Å². The maximum atomic E-state index is 12.0. The standard InChI is InChI=1S/C16H17N5O2/c1-4-23-16(22)14-13(10-17)15(18-11-20(2)3)21(19-14)12-8-6-5-7-9-12/h5-9,11H,4H2,1-3H3/b18-11+. The Kier molecular flexibility index (Phi) is 5.10. The number of nitrogens with zero attached hydrogens (tertiary/aromatic N) is 5. The predicted molar refractivity (Wildman–Crippen MR) is 86.1 cm³/mol. The fourth-order valence-electron chi connectivity index (χ4n) is 1.89. The van der Waals surface area contributed by atoms with Crippen molar-refractivity contribution < 1.29 is 9.53 Å². The van der Waals surface area contributed by atoms with E-state index in [1.807, 2.05) is 50.5 Å². The number of carbonyl (C=O) groups excluding carboxylic acids is 1. The molecule has 1 aromatic heterocycles. The molecule has 2 rings (SSSR count). The highest BCUT2D eigenvalue weighted by molar-refractivity contribution is 5.92. The van der Waals surface area contributed by atoms with Gasteiger partial charge in [-0.05, 0) is 19.1 Å². The molecule has 1 heterocycles. The van der Waals surface area contributed by atoms with E-state index in [1.165, 1.54) is 4.68 Å². The first kappa shape index (κ1) is 16.2. The fraction of sp³-hybridized carbons (Fsp3) is 0.250. The number of hydrogen-bond donors (Lipinski definition) is 0. The van der Waals surface area contributed by atoms with Crippen LogP contribution in [0.4, 0.5) is 5.82 Å². The molecule has 0 aliphatic rings. The Morgan fingerprint density at radius 3 is 2.70 bits per heavy atom. The van der Waals surface area contributed by atoms with Crippen LogP contribution in [0.3, 0.4) is 0 Å². The zero-order chi connectivity index (χ0) is 16.8. The van der Waals surface area contributed by atoms with Crippen molar-refractivity contribution in [3.63, 3.8) is 0 Å². The van der Waals surface area contributed by atoms with Crippen LogP contribution in [0.5, 0.6) is 0 Å². The zero-order valence-electron chi connectivity index (χ0n) is 13.2. The number of esters is 1. The van der Waals surface area contributed by atoms with Crippen molar-refractivity contribution in [1.29, 1.82) is 5.26 Å². The molecule has 118 valence electrons. The van der Waals surface area contributed by atoms with Crippen molar-refractivity contribution in [1.82, 2.24) is 14.7 Å². The van der Waals surface area contributed by atoms with E-state index in [0.717, 1.165) is 0 Å². The number of carbonyl (C=O) groups is 1. The molecule has 2 aromatic rings. The Bertz CT molecular complexity index is 757. The Balaban J connectivity index is 2.65. The average Bonchev–Trinajstić information content (AvgIpc) is 2.92. The molecule has 1 aromatic carbocycles. The molecule has 23 heavy (non-hydrogen) atoms. The molecule has 0 amide bonds. The monoisotopic (exact) mass is 311 g/mol. The number of para-hydroxylation sites is 1. The van der Waals surface area contributed by atoms with Gasteiger partial charge in [-0.1, -0.05) is 18.2 Å². The minimum absolute atomic E-state index is 0.0379. The van der Waals surface area contributed by atoms with Crippen LogP contribution in [0.1, 0.15) is 23.0 Å². The molecule has 0 N–H and O–H groups in total. The lowest BCUT2D eigenvalue weighted by Gasteiger charge is -2.05. The summed E-state index contributed by atoms with van der Waals surface area (Å²) in [6, 6.07) is 11.2. The average molecular weight is 311 g/mol. The minimum Gasteiger partial charge on any atom is -0.461 e. The number of ether oxygens (including phenoxy) is 1. The highest BCUT2D eigenvalue weighted by Gasteiger charge is 2.24. The normalized spacial score (nSPS) is 10.5. The minimum atomic E-state index is -0.639. The lowest BCUT2D eigenvalue weighted by atomic mass is 10.2. The Labute approximate surface area is 134 Å². The smallest absolute Gasteiger partial charge is 0.360 e. The third-order valence-corrected chi connectivity index (χ3v) is 2.85. The van der Waals surface area contributed by atoms with Crippen LogP contribution in [0.25, 0.3) is 5.69 Å². The molecular weight excluding hydrogens is 294 g/mol. The van der Waals surface area contributed by atoms with E-state index < -0.39 is 5.97 Å². The predicted octanol–water partition coefficient (Wildman–Crippen LogP) is 2.14. The molecule has 7 heteroatoms. The van der Waals surface area contributed by atoms with Gasteiger partial charge in [0.1, 0.15) is 11.6 Å². The molecule has 0 fully saturated rings. The van der Waals surface area contributed by atoms with E-state index in [0.29, 0.717) is 5.69 Å². The number of hydrogen-bond acceptors (Lipinski definition) is 5. The molecule has 0 saturated heterocycles. The van der Waals surface area contributed by atoms with Crippen LogP contribution < -0.4 is 0 Å². The summed E-state index contributed by atoms with van der Waals surface area (Å²) in [6.45, 7) is 1.90. The maximum absolute atomic E-state index is 12.0. The highest BCUT2D eigenvalue weighted by atomic mass is 16.5. The number of aliphatic imine (C=N–C) groups is 1. The van der Waals surface area contributed by atoms with Gasteiger partial charge >= 0.3 is 5.97 Å². The number of nitriles is 1. The van der Waals surface area contributed by atoms with E-state index >= 15 is 0 Å². The van der Waals surface area contributed by atoms with Gasteiger partial charge in [0.25, 0.3) is 0 Å². The van der Waals surface area contributed by atoms with E-state index in [9.17, 15) is 10.1 Å².